The van der Waals surface area contributed by atoms with Gasteiger partial charge in [-0.05, 0) is 38.1 Å². The lowest BCUT2D eigenvalue weighted by Gasteiger charge is -2.07. The van der Waals surface area contributed by atoms with Crippen molar-refractivity contribution in [2.24, 2.45) is 17.4 Å². The van der Waals surface area contributed by atoms with Crippen LogP contribution in [0.2, 0.25) is 0 Å². The molecule has 0 heterocycles. The molecule has 1 aliphatic carbocycles. The summed E-state index contributed by atoms with van der Waals surface area (Å²) in [6.07, 6.45) is 4.93. The van der Waals surface area contributed by atoms with Crippen LogP contribution in [0.3, 0.4) is 0 Å². The summed E-state index contributed by atoms with van der Waals surface area (Å²) in [6, 6.07) is 0.452. The van der Waals surface area contributed by atoms with Crippen molar-refractivity contribution in [2.45, 2.75) is 31.7 Å². The Balaban J connectivity index is 1.96. The molecule has 0 spiro atoms. The van der Waals surface area contributed by atoms with E-state index in [4.69, 9.17) is 11.5 Å². The van der Waals surface area contributed by atoms with Crippen molar-refractivity contribution < 1.29 is 0 Å². The number of nitrogens with two attached hydrogens (primary N) is 2. The van der Waals surface area contributed by atoms with E-state index >= 15 is 0 Å². The highest BCUT2D eigenvalue weighted by molar-refractivity contribution is 4.83. The average molecular weight is 128 g/mol. The van der Waals surface area contributed by atoms with Gasteiger partial charge in [0, 0.05) is 6.04 Å². The summed E-state index contributed by atoms with van der Waals surface area (Å²) in [5, 5.41) is 0. The first-order chi connectivity index (χ1) is 4.34. The molecule has 0 aromatic heterocycles. The molecule has 1 atom stereocenters. The van der Waals surface area contributed by atoms with E-state index in [0.717, 1.165) is 25.3 Å². The predicted octanol–water partition coefficient (Wildman–Crippen LogP) is 0.463. The highest BCUT2D eigenvalue weighted by Crippen LogP contribution is 2.32. The lowest BCUT2D eigenvalue weighted by atomic mass is 10.1. The maximum absolute atomic E-state index is 5.81. The summed E-state index contributed by atoms with van der Waals surface area (Å²) in [7, 11) is 0. The minimum Gasteiger partial charge on any atom is -0.330 e. The molecule has 2 nitrogen and oxygen atoms in total. The van der Waals surface area contributed by atoms with Gasteiger partial charge in [-0.2, -0.15) is 0 Å². The van der Waals surface area contributed by atoms with Crippen LogP contribution < -0.4 is 11.5 Å². The van der Waals surface area contributed by atoms with Gasteiger partial charge in [-0.3, -0.25) is 0 Å². The third-order valence-electron chi connectivity index (χ3n) is 1.97. The minimum absolute atomic E-state index is 0.452. The Morgan fingerprint density at radius 3 is 2.56 bits per heavy atom. The van der Waals surface area contributed by atoms with Gasteiger partial charge in [-0.15, -0.1) is 0 Å². The van der Waals surface area contributed by atoms with Gasteiger partial charge in [0.2, 0.25) is 0 Å². The van der Waals surface area contributed by atoms with E-state index in [1.54, 1.807) is 0 Å². The number of rotatable bonds is 4. The fourth-order valence-electron chi connectivity index (χ4n) is 1.11. The van der Waals surface area contributed by atoms with Gasteiger partial charge >= 0.3 is 0 Å². The van der Waals surface area contributed by atoms with Gasteiger partial charge in [0.1, 0.15) is 0 Å². The maximum atomic E-state index is 5.81. The highest BCUT2D eigenvalue weighted by atomic mass is 14.7. The van der Waals surface area contributed by atoms with E-state index in [-0.39, 0.29) is 0 Å². The summed E-state index contributed by atoms with van der Waals surface area (Å²) in [4.78, 5) is 0. The third-order valence-corrected chi connectivity index (χ3v) is 1.97. The second kappa shape index (κ2) is 3.18. The Morgan fingerprint density at radius 1 is 1.44 bits per heavy atom. The number of hydrogen-bond donors (Lipinski definition) is 2. The van der Waals surface area contributed by atoms with Crippen LogP contribution in [0, 0.1) is 5.92 Å². The molecular formula is C7H16N2. The van der Waals surface area contributed by atoms with E-state index in [1.807, 2.05) is 0 Å². The molecule has 1 saturated carbocycles. The first-order valence-electron chi connectivity index (χ1n) is 3.80. The molecule has 9 heavy (non-hydrogen) atoms. The molecule has 0 saturated heterocycles. The fourth-order valence-corrected chi connectivity index (χ4v) is 1.11. The van der Waals surface area contributed by atoms with Gasteiger partial charge in [0.15, 0.2) is 0 Å². The Labute approximate surface area is 56.6 Å². The van der Waals surface area contributed by atoms with Gasteiger partial charge in [0.25, 0.3) is 0 Å². The summed E-state index contributed by atoms with van der Waals surface area (Å²) < 4.78 is 0. The van der Waals surface area contributed by atoms with Crippen LogP contribution in [-0.2, 0) is 0 Å². The van der Waals surface area contributed by atoms with E-state index in [0.29, 0.717) is 6.04 Å². The quantitative estimate of drug-likeness (QED) is 0.578. The average Bonchev–Trinajstić information content (AvgIpc) is 2.63. The molecule has 0 aliphatic heterocycles. The second-order valence-corrected chi connectivity index (χ2v) is 2.93. The topological polar surface area (TPSA) is 52.0 Å². The molecule has 0 aromatic carbocycles. The van der Waals surface area contributed by atoms with Crippen LogP contribution >= 0.6 is 0 Å². The zero-order valence-electron chi connectivity index (χ0n) is 5.84. The lowest BCUT2D eigenvalue weighted by Crippen LogP contribution is -2.23. The van der Waals surface area contributed by atoms with Crippen molar-refractivity contribution in [2.75, 3.05) is 6.54 Å². The Hall–Kier alpha value is -0.0800. The zero-order valence-corrected chi connectivity index (χ0v) is 5.84. The molecule has 0 bridgehead atoms. The van der Waals surface area contributed by atoms with Gasteiger partial charge < -0.3 is 11.5 Å². The molecular weight excluding hydrogens is 112 g/mol. The number of hydrogen-bond acceptors (Lipinski definition) is 2. The standard InChI is InChI=1S/C7H16N2/c8-5-1-2-7(9)6-3-4-6/h6-7H,1-5,8-9H2. The molecule has 4 N–H and O–H groups in total. The Kier molecular flexibility index (Phi) is 2.49. The van der Waals surface area contributed by atoms with E-state index in [9.17, 15) is 0 Å². The largest absolute Gasteiger partial charge is 0.330 e. The second-order valence-electron chi connectivity index (χ2n) is 2.93. The molecule has 54 valence electrons. The monoisotopic (exact) mass is 128 g/mol. The Morgan fingerprint density at radius 2 is 2.11 bits per heavy atom. The molecule has 0 radical (unpaired) electrons. The highest BCUT2D eigenvalue weighted by Gasteiger charge is 2.27. The summed E-state index contributed by atoms with van der Waals surface area (Å²) >= 11 is 0. The van der Waals surface area contributed by atoms with Crippen molar-refractivity contribution in [1.82, 2.24) is 0 Å². The van der Waals surface area contributed by atoms with Crippen LogP contribution in [0.15, 0.2) is 0 Å². The Bertz CT molecular complexity index is 79.0. The molecule has 2 heteroatoms. The van der Waals surface area contributed by atoms with Crippen LogP contribution in [0.5, 0.6) is 0 Å². The maximum Gasteiger partial charge on any atom is 0.00676 e. The van der Waals surface area contributed by atoms with Gasteiger partial charge in [-0.25, -0.2) is 0 Å². The molecule has 0 aromatic rings. The van der Waals surface area contributed by atoms with Crippen molar-refractivity contribution in [1.29, 1.82) is 0 Å². The van der Waals surface area contributed by atoms with Crippen LogP contribution in [0.25, 0.3) is 0 Å². The first-order valence-corrected chi connectivity index (χ1v) is 3.80. The molecule has 1 rings (SSSR count). The summed E-state index contributed by atoms with van der Waals surface area (Å²) in [6.45, 7) is 0.792. The minimum atomic E-state index is 0.452. The molecule has 1 unspecified atom stereocenters. The molecule has 1 fully saturated rings. The van der Waals surface area contributed by atoms with Gasteiger partial charge in [-0.1, -0.05) is 0 Å². The third kappa shape index (κ3) is 2.33. The van der Waals surface area contributed by atoms with E-state index in [2.05, 4.69) is 0 Å². The van der Waals surface area contributed by atoms with Crippen LogP contribution in [-0.4, -0.2) is 12.6 Å². The fraction of sp³-hybridized carbons (Fsp3) is 1.00. The van der Waals surface area contributed by atoms with Crippen molar-refractivity contribution in [3.8, 4) is 0 Å². The van der Waals surface area contributed by atoms with Crippen LogP contribution in [0.4, 0.5) is 0 Å². The van der Waals surface area contributed by atoms with E-state index < -0.39 is 0 Å². The SMILES string of the molecule is NCCCC(N)C1CC1. The van der Waals surface area contributed by atoms with Gasteiger partial charge in [0.05, 0.1) is 0 Å². The zero-order chi connectivity index (χ0) is 6.69. The summed E-state index contributed by atoms with van der Waals surface area (Å²) in [5.41, 5.74) is 11.2. The van der Waals surface area contributed by atoms with Crippen molar-refractivity contribution >= 4 is 0 Å². The lowest BCUT2D eigenvalue weighted by molar-refractivity contribution is 0.532. The van der Waals surface area contributed by atoms with Crippen molar-refractivity contribution in [3.63, 3.8) is 0 Å². The van der Waals surface area contributed by atoms with Crippen LogP contribution in [0.1, 0.15) is 25.7 Å². The first kappa shape index (κ1) is 7.03. The molecule has 1 aliphatic rings. The van der Waals surface area contributed by atoms with Crippen molar-refractivity contribution in [3.05, 3.63) is 0 Å². The normalized spacial score (nSPS) is 22.0. The molecule has 0 amide bonds. The smallest absolute Gasteiger partial charge is 0.00676 e. The predicted molar refractivity (Wildman–Crippen MR) is 39.0 cm³/mol. The summed E-state index contributed by atoms with van der Waals surface area (Å²) in [5.74, 6) is 0.844. The van der Waals surface area contributed by atoms with E-state index in [1.165, 1.54) is 12.8 Å².